The molecule has 114 valence electrons. The molecule has 0 bridgehead atoms. The van der Waals surface area contributed by atoms with E-state index < -0.39 is 11.8 Å². The van der Waals surface area contributed by atoms with Crippen LogP contribution in [0.2, 0.25) is 5.02 Å². The molecule has 1 aliphatic rings. The van der Waals surface area contributed by atoms with Crippen LogP contribution >= 0.6 is 11.6 Å². The first-order valence-electron chi connectivity index (χ1n) is 7.07. The second-order valence-electron chi connectivity index (χ2n) is 5.39. The molecule has 1 heterocycles. The van der Waals surface area contributed by atoms with Gasteiger partial charge in [0.1, 0.15) is 0 Å². The van der Waals surface area contributed by atoms with Crippen molar-refractivity contribution in [2.24, 2.45) is 0 Å². The van der Waals surface area contributed by atoms with Crippen LogP contribution in [0.5, 0.6) is 0 Å². The van der Waals surface area contributed by atoms with E-state index in [0.717, 1.165) is 5.69 Å². The minimum Gasteiger partial charge on any atom is -0.368 e. The minimum atomic E-state index is -0.527. The first kappa shape index (κ1) is 15.6. The Morgan fingerprint density at radius 3 is 2.43 bits per heavy atom. The number of anilines is 1. The fraction of sp³-hybridized carbons (Fsp3) is 0.467. The van der Waals surface area contributed by atoms with Crippen LogP contribution in [0.1, 0.15) is 13.8 Å². The summed E-state index contributed by atoms with van der Waals surface area (Å²) in [7, 11) is 0. The van der Waals surface area contributed by atoms with Gasteiger partial charge in [0.2, 0.25) is 0 Å². The summed E-state index contributed by atoms with van der Waals surface area (Å²) in [5.74, 6) is -0.976. The molecule has 0 atom stereocenters. The van der Waals surface area contributed by atoms with Gasteiger partial charge in [-0.1, -0.05) is 17.7 Å². The summed E-state index contributed by atoms with van der Waals surface area (Å²) in [6.07, 6.45) is 0. The molecule has 1 fully saturated rings. The fourth-order valence-electron chi connectivity index (χ4n) is 2.31. The molecular weight excluding hydrogens is 290 g/mol. The van der Waals surface area contributed by atoms with Crippen molar-refractivity contribution in [1.29, 1.82) is 0 Å². The molecule has 1 aromatic carbocycles. The molecule has 1 aromatic rings. The molecule has 1 aliphatic heterocycles. The number of halogens is 1. The summed E-state index contributed by atoms with van der Waals surface area (Å²) in [6, 6.07) is 7.61. The molecule has 0 aromatic heterocycles. The van der Waals surface area contributed by atoms with Crippen LogP contribution in [0.25, 0.3) is 0 Å². The highest BCUT2D eigenvalue weighted by molar-refractivity contribution is 6.35. The van der Waals surface area contributed by atoms with Crippen molar-refractivity contribution in [2.45, 2.75) is 19.9 Å². The van der Waals surface area contributed by atoms with Crippen LogP contribution in [-0.4, -0.2) is 48.9 Å². The van der Waals surface area contributed by atoms with Gasteiger partial charge in [-0.05, 0) is 32.0 Å². The number of piperazine rings is 1. The predicted octanol–water partition coefficient (Wildman–Crippen LogP) is 1.51. The van der Waals surface area contributed by atoms with Gasteiger partial charge in [0.25, 0.3) is 0 Å². The zero-order chi connectivity index (χ0) is 15.4. The first-order valence-corrected chi connectivity index (χ1v) is 7.45. The van der Waals surface area contributed by atoms with Crippen LogP contribution in [0.15, 0.2) is 24.3 Å². The molecule has 2 rings (SSSR count). The van der Waals surface area contributed by atoms with E-state index in [4.69, 9.17) is 11.6 Å². The van der Waals surface area contributed by atoms with Gasteiger partial charge in [-0.3, -0.25) is 9.59 Å². The van der Waals surface area contributed by atoms with Gasteiger partial charge in [-0.25, -0.2) is 0 Å². The van der Waals surface area contributed by atoms with Crippen molar-refractivity contribution >= 4 is 29.1 Å². The summed E-state index contributed by atoms with van der Waals surface area (Å²) < 4.78 is 0. The topological polar surface area (TPSA) is 52.7 Å². The number of benzene rings is 1. The second-order valence-corrected chi connectivity index (χ2v) is 5.82. The Labute approximate surface area is 129 Å². The second kappa shape index (κ2) is 6.80. The summed E-state index contributed by atoms with van der Waals surface area (Å²) in [6.45, 7) is 6.14. The van der Waals surface area contributed by atoms with E-state index in [1.165, 1.54) is 0 Å². The van der Waals surface area contributed by atoms with Crippen molar-refractivity contribution in [1.82, 2.24) is 10.2 Å². The third-order valence-electron chi connectivity index (χ3n) is 3.35. The van der Waals surface area contributed by atoms with Crippen molar-refractivity contribution < 1.29 is 9.59 Å². The number of carbonyl (C=O) groups excluding carboxylic acids is 2. The molecule has 0 radical (unpaired) electrons. The van der Waals surface area contributed by atoms with Crippen LogP contribution in [-0.2, 0) is 9.59 Å². The predicted molar refractivity (Wildman–Crippen MR) is 83.5 cm³/mol. The lowest BCUT2D eigenvalue weighted by Crippen LogP contribution is -2.53. The summed E-state index contributed by atoms with van der Waals surface area (Å²) in [5.41, 5.74) is 1.04. The lowest BCUT2D eigenvalue weighted by Gasteiger charge is -2.35. The monoisotopic (exact) mass is 309 g/mol. The van der Waals surface area contributed by atoms with Crippen molar-refractivity contribution in [3.63, 3.8) is 0 Å². The van der Waals surface area contributed by atoms with Gasteiger partial charge in [-0.15, -0.1) is 0 Å². The first-order chi connectivity index (χ1) is 9.97. The molecule has 1 saturated heterocycles. The van der Waals surface area contributed by atoms with Gasteiger partial charge in [0, 0.05) is 42.9 Å². The maximum absolute atomic E-state index is 12.0. The molecule has 6 heteroatoms. The van der Waals surface area contributed by atoms with Gasteiger partial charge in [0.05, 0.1) is 0 Å². The number of hydrogen-bond donors (Lipinski definition) is 1. The summed E-state index contributed by atoms with van der Waals surface area (Å²) >= 11 is 5.99. The van der Waals surface area contributed by atoms with Gasteiger partial charge in [0.15, 0.2) is 0 Å². The standard InChI is InChI=1S/C15H20ClN3O2/c1-11(2)17-14(20)15(21)19-8-6-18(7-9-19)13-5-3-4-12(16)10-13/h3-5,10-11H,6-9H2,1-2H3,(H,17,20). The van der Waals surface area contributed by atoms with Crippen LogP contribution < -0.4 is 10.2 Å². The molecule has 0 aliphatic carbocycles. The zero-order valence-electron chi connectivity index (χ0n) is 12.3. The fourth-order valence-corrected chi connectivity index (χ4v) is 2.49. The van der Waals surface area contributed by atoms with E-state index in [1.54, 1.807) is 4.90 Å². The normalized spacial score (nSPS) is 15.2. The molecule has 21 heavy (non-hydrogen) atoms. The zero-order valence-corrected chi connectivity index (χ0v) is 13.1. The highest BCUT2D eigenvalue weighted by Gasteiger charge is 2.26. The van der Waals surface area contributed by atoms with E-state index >= 15 is 0 Å². The Morgan fingerprint density at radius 1 is 1.19 bits per heavy atom. The van der Waals surface area contributed by atoms with E-state index in [1.807, 2.05) is 38.1 Å². The number of hydrogen-bond acceptors (Lipinski definition) is 3. The molecule has 2 amide bonds. The van der Waals surface area contributed by atoms with Crippen molar-refractivity contribution in [3.8, 4) is 0 Å². The van der Waals surface area contributed by atoms with E-state index in [0.29, 0.717) is 31.2 Å². The lowest BCUT2D eigenvalue weighted by atomic mass is 10.2. The van der Waals surface area contributed by atoms with Gasteiger partial charge >= 0.3 is 11.8 Å². The Morgan fingerprint density at radius 2 is 1.86 bits per heavy atom. The number of nitrogens with zero attached hydrogens (tertiary/aromatic N) is 2. The maximum atomic E-state index is 12.0. The average molecular weight is 310 g/mol. The van der Waals surface area contributed by atoms with Crippen LogP contribution in [0.4, 0.5) is 5.69 Å². The molecule has 5 nitrogen and oxygen atoms in total. The smallest absolute Gasteiger partial charge is 0.312 e. The lowest BCUT2D eigenvalue weighted by molar-refractivity contribution is -0.146. The maximum Gasteiger partial charge on any atom is 0.312 e. The SMILES string of the molecule is CC(C)NC(=O)C(=O)N1CCN(c2cccc(Cl)c2)CC1. The van der Waals surface area contributed by atoms with Gasteiger partial charge in [-0.2, -0.15) is 0 Å². The molecular formula is C15H20ClN3O2. The Bertz CT molecular complexity index is 525. The number of amides is 2. The molecule has 0 spiro atoms. The average Bonchev–Trinajstić information content (AvgIpc) is 2.46. The number of nitrogens with one attached hydrogen (secondary N) is 1. The third-order valence-corrected chi connectivity index (χ3v) is 3.59. The Hall–Kier alpha value is -1.75. The highest BCUT2D eigenvalue weighted by atomic mass is 35.5. The molecule has 0 saturated carbocycles. The van der Waals surface area contributed by atoms with Gasteiger partial charge < -0.3 is 15.1 Å². The van der Waals surface area contributed by atoms with Crippen LogP contribution in [0, 0.1) is 0 Å². The molecule has 0 unspecified atom stereocenters. The number of carbonyl (C=O) groups is 2. The minimum absolute atomic E-state index is 0.0331. The highest BCUT2D eigenvalue weighted by Crippen LogP contribution is 2.20. The number of rotatable bonds is 2. The quantitative estimate of drug-likeness (QED) is 0.843. The molecule has 1 N–H and O–H groups in total. The summed E-state index contributed by atoms with van der Waals surface area (Å²) in [4.78, 5) is 27.5. The van der Waals surface area contributed by atoms with E-state index in [9.17, 15) is 9.59 Å². The van der Waals surface area contributed by atoms with E-state index in [-0.39, 0.29) is 6.04 Å². The largest absolute Gasteiger partial charge is 0.368 e. The van der Waals surface area contributed by atoms with E-state index in [2.05, 4.69) is 10.2 Å². The Kier molecular flexibility index (Phi) is 5.07. The van der Waals surface area contributed by atoms with Crippen LogP contribution in [0.3, 0.4) is 0 Å². The third kappa shape index (κ3) is 4.11. The van der Waals surface area contributed by atoms with Crippen molar-refractivity contribution in [3.05, 3.63) is 29.3 Å². The Balaban J connectivity index is 1.91. The summed E-state index contributed by atoms with van der Waals surface area (Å²) in [5, 5.41) is 3.33. The van der Waals surface area contributed by atoms with Crippen molar-refractivity contribution in [2.75, 3.05) is 31.1 Å².